The molecule has 1 fully saturated rings. The molecule has 7 heteroatoms. The van der Waals surface area contributed by atoms with E-state index in [0.717, 1.165) is 12.8 Å². The van der Waals surface area contributed by atoms with Crippen LogP contribution in [0.2, 0.25) is 0 Å². The Morgan fingerprint density at radius 1 is 1.47 bits per heavy atom. The first-order valence-corrected chi connectivity index (χ1v) is 8.03. The van der Waals surface area contributed by atoms with E-state index < -0.39 is 10.0 Å². The number of anilines is 1. The van der Waals surface area contributed by atoms with E-state index in [1.54, 1.807) is 10.9 Å². The minimum Gasteiger partial charge on any atom is -0.381 e. The Bertz CT molecular complexity index is 562. The van der Waals surface area contributed by atoms with Crippen LogP contribution < -0.4 is 5.73 Å². The second-order valence-corrected chi connectivity index (χ2v) is 7.80. The van der Waals surface area contributed by atoms with Crippen molar-refractivity contribution in [3.05, 3.63) is 6.20 Å². The molecule has 1 aliphatic heterocycles. The summed E-state index contributed by atoms with van der Waals surface area (Å²) in [5, 5.41) is 4.06. The van der Waals surface area contributed by atoms with Crippen molar-refractivity contribution in [2.24, 2.45) is 5.41 Å². The molecule has 1 aromatic rings. The third-order valence-electron chi connectivity index (χ3n) is 3.47. The number of sulfonamides is 1. The molecule has 108 valence electrons. The maximum atomic E-state index is 12.6. The summed E-state index contributed by atoms with van der Waals surface area (Å²) in [5.41, 5.74) is 5.78. The van der Waals surface area contributed by atoms with Crippen molar-refractivity contribution in [3.63, 3.8) is 0 Å². The Kier molecular flexibility index (Phi) is 3.61. The zero-order chi connectivity index (χ0) is 14.3. The van der Waals surface area contributed by atoms with E-state index in [1.807, 2.05) is 6.92 Å². The maximum absolute atomic E-state index is 12.6. The average Bonchev–Trinajstić information content (AvgIpc) is 2.83. The number of rotatable bonds is 4. The SMILES string of the molecule is CCCn1cc(S(=O)(=O)N2CCC(C)(C)C2)c(N)n1. The van der Waals surface area contributed by atoms with Crippen molar-refractivity contribution >= 4 is 15.8 Å². The Morgan fingerprint density at radius 2 is 2.16 bits per heavy atom. The van der Waals surface area contributed by atoms with Crippen LogP contribution in [0.4, 0.5) is 5.82 Å². The van der Waals surface area contributed by atoms with E-state index in [9.17, 15) is 8.42 Å². The van der Waals surface area contributed by atoms with Gasteiger partial charge in [-0.25, -0.2) is 8.42 Å². The first-order chi connectivity index (χ1) is 8.76. The van der Waals surface area contributed by atoms with Gasteiger partial charge in [-0.2, -0.15) is 9.40 Å². The molecule has 0 spiro atoms. The first kappa shape index (κ1) is 14.3. The Labute approximate surface area is 114 Å². The summed E-state index contributed by atoms with van der Waals surface area (Å²) in [4.78, 5) is 0.138. The summed E-state index contributed by atoms with van der Waals surface area (Å²) in [5.74, 6) is 0.0955. The fourth-order valence-electron chi connectivity index (χ4n) is 2.37. The lowest BCUT2D eigenvalue weighted by Gasteiger charge is -2.19. The van der Waals surface area contributed by atoms with Gasteiger partial charge in [0.1, 0.15) is 4.90 Å². The fourth-order valence-corrected chi connectivity index (χ4v) is 4.06. The first-order valence-electron chi connectivity index (χ1n) is 6.59. The molecule has 0 bridgehead atoms. The fraction of sp³-hybridized carbons (Fsp3) is 0.750. The van der Waals surface area contributed by atoms with Crippen molar-refractivity contribution in [1.29, 1.82) is 0 Å². The van der Waals surface area contributed by atoms with Crippen molar-refractivity contribution in [2.75, 3.05) is 18.8 Å². The quantitative estimate of drug-likeness (QED) is 0.904. The molecule has 2 rings (SSSR count). The second-order valence-electron chi connectivity index (χ2n) is 5.89. The summed E-state index contributed by atoms with van der Waals surface area (Å²) >= 11 is 0. The molecule has 0 unspecified atom stereocenters. The highest BCUT2D eigenvalue weighted by molar-refractivity contribution is 7.89. The van der Waals surface area contributed by atoms with E-state index in [4.69, 9.17) is 5.73 Å². The lowest BCUT2D eigenvalue weighted by Crippen LogP contribution is -2.30. The Morgan fingerprint density at radius 3 is 2.68 bits per heavy atom. The summed E-state index contributed by atoms with van der Waals surface area (Å²) in [7, 11) is -3.51. The third-order valence-corrected chi connectivity index (χ3v) is 5.33. The number of nitrogens with zero attached hydrogens (tertiary/aromatic N) is 3. The smallest absolute Gasteiger partial charge is 0.248 e. The van der Waals surface area contributed by atoms with Crippen LogP contribution in [0.25, 0.3) is 0 Å². The number of hydrogen-bond acceptors (Lipinski definition) is 4. The van der Waals surface area contributed by atoms with Crippen LogP contribution in [-0.2, 0) is 16.6 Å². The minimum atomic E-state index is -3.51. The van der Waals surface area contributed by atoms with Crippen LogP contribution in [0.15, 0.2) is 11.1 Å². The normalized spacial score (nSPS) is 19.9. The van der Waals surface area contributed by atoms with Crippen LogP contribution >= 0.6 is 0 Å². The topological polar surface area (TPSA) is 81.2 Å². The standard InChI is InChI=1S/C12H22N4O2S/c1-4-6-15-8-10(11(13)14-15)19(17,18)16-7-5-12(2,3)9-16/h8H,4-7,9H2,1-3H3,(H2,13,14). The van der Waals surface area contributed by atoms with Gasteiger partial charge in [-0.15, -0.1) is 0 Å². The zero-order valence-electron chi connectivity index (χ0n) is 11.8. The van der Waals surface area contributed by atoms with Gasteiger partial charge in [0.2, 0.25) is 10.0 Å². The Balaban J connectivity index is 2.30. The van der Waals surface area contributed by atoms with Gasteiger partial charge in [-0.05, 0) is 18.3 Å². The van der Waals surface area contributed by atoms with Gasteiger partial charge in [0.05, 0.1) is 0 Å². The van der Waals surface area contributed by atoms with Crippen LogP contribution in [0.5, 0.6) is 0 Å². The lowest BCUT2D eigenvalue weighted by molar-refractivity contribution is 0.375. The van der Waals surface area contributed by atoms with E-state index in [2.05, 4.69) is 18.9 Å². The van der Waals surface area contributed by atoms with Crippen LogP contribution in [-0.4, -0.2) is 35.6 Å². The van der Waals surface area contributed by atoms with Crippen molar-refractivity contribution in [1.82, 2.24) is 14.1 Å². The molecular formula is C12H22N4O2S. The highest BCUT2D eigenvalue weighted by Gasteiger charge is 2.38. The summed E-state index contributed by atoms with van der Waals surface area (Å²) in [6.07, 6.45) is 3.30. The largest absolute Gasteiger partial charge is 0.381 e. The monoisotopic (exact) mass is 286 g/mol. The zero-order valence-corrected chi connectivity index (χ0v) is 12.6. The summed E-state index contributed by atoms with van der Waals surface area (Å²) in [6.45, 7) is 7.92. The van der Waals surface area contributed by atoms with E-state index in [0.29, 0.717) is 19.6 Å². The van der Waals surface area contributed by atoms with Crippen LogP contribution in [0, 0.1) is 5.41 Å². The van der Waals surface area contributed by atoms with Gasteiger partial charge in [0.25, 0.3) is 0 Å². The molecule has 0 saturated carbocycles. The molecule has 0 amide bonds. The molecule has 0 atom stereocenters. The number of nitrogens with two attached hydrogens (primary N) is 1. The molecule has 1 aliphatic rings. The average molecular weight is 286 g/mol. The van der Waals surface area contributed by atoms with Crippen LogP contribution in [0.3, 0.4) is 0 Å². The molecule has 2 N–H and O–H groups in total. The minimum absolute atomic E-state index is 0.0290. The molecule has 0 aliphatic carbocycles. The van der Waals surface area contributed by atoms with E-state index in [-0.39, 0.29) is 16.1 Å². The maximum Gasteiger partial charge on any atom is 0.248 e. The molecule has 2 heterocycles. The highest BCUT2D eigenvalue weighted by Crippen LogP contribution is 2.33. The molecule has 1 saturated heterocycles. The molecule has 19 heavy (non-hydrogen) atoms. The Hall–Kier alpha value is -1.08. The molecule has 6 nitrogen and oxygen atoms in total. The van der Waals surface area contributed by atoms with Gasteiger partial charge in [0, 0.05) is 25.8 Å². The van der Waals surface area contributed by atoms with Crippen molar-refractivity contribution in [2.45, 2.75) is 45.1 Å². The second kappa shape index (κ2) is 4.79. The number of aryl methyl sites for hydroxylation is 1. The van der Waals surface area contributed by atoms with E-state index >= 15 is 0 Å². The summed E-state index contributed by atoms with van der Waals surface area (Å²) < 4.78 is 28.2. The van der Waals surface area contributed by atoms with Gasteiger partial charge in [0.15, 0.2) is 5.82 Å². The molecular weight excluding hydrogens is 264 g/mol. The third kappa shape index (κ3) is 2.76. The van der Waals surface area contributed by atoms with Crippen LogP contribution in [0.1, 0.15) is 33.6 Å². The lowest BCUT2D eigenvalue weighted by atomic mass is 9.93. The van der Waals surface area contributed by atoms with Crippen molar-refractivity contribution in [3.8, 4) is 0 Å². The van der Waals surface area contributed by atoms with Crippen molar-refractivity contribution < 1.29 is 8.42 Å². The van der Waals surface area contributed by atoms with Gasteiger partial charge >= 0.3 is 0 Å². The number of nitrogen functional groups attached to an aromatic ring is 1. The predicted octanol–water partition coefficient (Wildman–Crippen LogP) is 1.30. The molecule has 0 radical (unpaired) electrons. The molecule has 0 aromatic carbocycles. The number of aromatic nitrogens is 2. The number of hydrogen-bond donors (Lipinski definition) is 1. The summed E-state index contributed by atoms with van der Waals surface area (Å²) in [6, 6.07) is 0. The molecule has 1 aromatic heterocycles. The van der Waals surface area contributed by atoms with Gasteiger partial charge in [-0.3, -0.25) is 4.68 Å². The van der Waals surface area contributed by atoms with E-state index in [1.165, 1.54) is 4.31 Å². The highest BCUT2D eigenvalue weighted by atomic mass is 32.2. The van der Waals surface area contributed by atoms with Gasteiger partial charge in [-0.1, -0.05) is 20.8 Å². The predicted molar refractivity (Wildman–Crippen MR) is 74.1 cm³/mol. The van der Waals surface area contributed by atoms with Gasteiger partial charge < -0.3 is 5.73 Å².